The van der Waals surface area contributed by atoms with Crippen LogP contribution in [-0.2, 0) is 13.6 Å². The second-order valence-corrected chi connectivity index (χ2v) is 2.81. The van der Waals surface area contributed by atoms with Crippen LogP contribution in [0.3, 0.4) is 0 Å². The van der Waals surface area contributed by atoms with Crippen LogP contribution in [0.4, 0.5) is 5.82 Å². The lowest BCUT2D eigenvalue weighted by Crippen LogP contribution is -2.00. The van der Waals surface area contributed by atoms with Gasteiger partial charge in [0.15, 0.2) is 0 Å². The van der Waals surface area contributed by atoms with Crippen LogP contribution in [0.15, 0.2) is 24.8 Å². The van der Waals surface area contributed by atoms with Crippen molar-refractivity contribution < 1.29 is 0 Å². The van der Waals surface area contributed by atoms with Crippen molar-refractivity contribution >= 4 is 5.82 Å². The van der Waals surface area contributed by atoms with Crippen molar-refractivity contribution in [2.45, 2.75) is 6.54 Å². The first-order valence-corrected chi connectivity index (χ1v) is 4.05. The summed E-state index contributed by atoms with van der Waals surface area (Å²) in [6.07, 6.45) is 5.35. The van der Waals surface area contributed by atoms with Crippen LogP contribution in [-0.4, -0.2) is 19.7 Å². The van der Waals surface area contributed by atoms with Crippen molar-refractivity contribution in [3.63, 3.8) is 0 Å². The van der Waals surface area contributed by atoms with E-state index in [0.717, 1.165) is 18.1 Å². The predicted molar refractivity (Wildman–Crippen MR) is 49.1 cm³/mol. The molecule has 2 N–H and O–H groups in total. The summed E-state index contributed by atoms with van der Waals surface area (Å²) >= 11 is 0. The Morgan fingerprint density at radius 3 is 3.15 bits per heavy atom. The van der Waals surface area contributed by atoms with E-state index in [9.17, 15) is 0 Å². The second kappa shape index (κ2) is 3.30. The van der Waals surface area contributed by atoms with Gasteiger partial charge >= 0.3 is 0 Å². The van der Waals surface area contributed by atoms with Crippen LogP contribution in [0.1, 0.15) is 5.69 Å². The molecule has 5 nitrogen and oxygen atoms in total. The first-order chi connectivity index (χ1) is 6.34. The lowest BCUT2D eigenvalue weighted by molar-refractivity contribution is 0.768. The highest BCUT2D eigenvalue weighted by Crippen LogP contribution is 2.02. The van der Waals surface area contributed by atoms with Crippen LogP contribution in [0.25, 0.3) is 0 Å². The van der Waals surface area contributed by atoms with Gasteiger partial charge in [0.1, 0.15) is 5.82 Å². The lowest BCUT2D eigenvalue weighted by atomic mass is 10.4. The Balaban J connectivity index is 1.93. The minimum atomic E-state index is 0.719. The third-order valence-corrected chi connectivity index (χ3v) is 1.73. The number of H-pyrrole nitrogens is 1. The summed E-state index contributed by atoms with van der Waals surface area (Å²) in [5, 5.41) is 7.35. The third kappa shape index (κ3) is 1.87. The van der Waals surface area contributed by atoms with E-state index in [1.165, 1.54) is 0 Å². The fraction of sp³-hybridized carbons (Fsp3) is 0.250. The molecule has 2 rings (SSSR count). The quantitative estimate of drug-likeness (QED) is 0.727. The maximum Gasteiger partial charge on any atom is 0.148 e. The molecule has 0 saturated heterocycles. The molecule has 2 heterocycles. The molecule has 0 radical (unpaired) electrons. The Hall–Kier alpha value is -1.78. The van der Waals surface area contributed by atoms with E-state index in [4.69, 9.17) is 0 Å². The molecule has 0 aliphatic rings. The van der Waals surface area contributed by atoms with Crippen molar-refractivity contribution in [2.75, 3.05) is 5.32 Å². The Labute approximate surface area is 75.8 Å². The van der Waals surface area contributed by atoms with Gasteiger partial charge in [0.25, 0.3) is 0 Å². The topological polar surface area (TPSA) is 58.5 Å². The van der Waals surface area contributed by atoms with Gasteiger partial charge < -0.3 is 10.3 Å². The molecule has 2 aromatic heterocycles. The Morgan fingerprint density at radius 2 is 2.54 bits per heavy atom. The van der Waals surface area contributed by atoms with E-state index in [2.05, 4.69) is 20.4 Å². The second-order valence-electron chi connectivity index (χ2n) is 2.81. The highest BCUT2D eigenvalue weighted by Gasteiger charge is 1.96. The van der Waals surface area contributed by atoms with Crippen LogP contribution >= 0.6 is 0 Å². The van der Waals surface area contributed by atoms with Gasteiger partial charge in [0.05, 0.1) is 18.6 Å². The molecule has 0 saturated carbocycles. The molecule has 0 unspecified atom stereocenters. The maximum absolute atomic E-state index is 4.18. The van der Waals surface area contributed by atoms with Crippen molar-refractivity contribution in [2.24, 2.45) is 7.05 Å². The Morgan fingerprint density at radius 1 is 1.62 bits per heavy atom. The SMILES string of the molecule is Cn1ccc(NCc2cnc[nH]2)n1. The molecule has 2 aromatic rings. The Kier molecular flexibility index (Phi) is 1.99. The molecule has 0 spiro atoms. The fourth-order valence-electron chi connectivity index (χ4n) is 1.08. The van der Waals surface area contributed by atoms with Gasteiger partial charge in [-0.15, -0.1) is 0 Å². The van der Waals surface area contributed by atoms with Gasteiger partial charge in [0.2, 0.25) is 0 Å². The zero-order chi connectivity index (χ0) is 9.10. The Bertz CT molecular complexity index is 362. The highest BCUT2D eigenvalue weighted by molar-refractivity contribution is 5.32. The van der Waals surface area contributed by atoms with Crippen LogP contribution in [0.5, 0.6) is 0 Å². The molecule has 13 heavy (non-hydrogen) atoms. The number of imidazole rings is 1. The monoisotopic (exact) mass is 177 g/mol. The van der Waals surface area contributed by atoms with E-state index in [0.29, 0.717) is 0 Å². The van der Waals surface area contributed by atoms with Crippen molar-refractivity contribution in [1.29, 1.82) is 0 Å². The first kappa shape index (κ1) is 7.85. The van der Waals surface area contributed by atoms with E-state index >= 15 is 0 Å². The van der Waals surface area contributed by atoms with Gasteiger partial charge in [-0.3, -0.25) is 4.68 Å². The molecule has 0 bridgehead atoms. The molecule has 0 amide bonds. The average Bonchev–Trinajstić information content (AvgIpc) is 2.71. The summed E-state index contributed by atoms with van der Waals surface area (Å²) in [6.45, 7) is 0.719. The van der Waals surface area contributed by atoms with Gasteiger partial charge in [0, 0.05) is 25.5 Å². The summed E-state index contributed by atoms with van der Waals surface area (Å²) in [6, 6.07) is 1.93. The number of hydrogen-bond acceptors (Lipinski definition) is 3. The minimum absolute atomic E-state index is 0.719. The average molecular weight is 177 g/mol. The minimum Gasteiger partial charge on any atom is -0.363 e. The molecular formula is C8H11N5. The van der Waals surface area contributed by atoms with E-state index in [1.54, 1.807) is 17.2 Å². The van der Waals surface area contributed by atoms with E-state index in [1.807, 2.05) is 19.3 Å². The van der Waals surface area contributed by atoms with Gasteiger partial charge in [-0.2, -0.15) is 5.10 Å². The molecular weight excluding hydrogens is 166 g/mol. The molecule has 68 valence electrons. The van der Waals surface area contributed by atoms with E-state index in [-0.39, 0.29) is 0 Å². The normalized spacial score (nSPS) is 10.2. The number of aromatic amines is 1. The van der Waals surface area contributed by atoms with Crippen LogP contribution in [0, 0.1) is 0 Å². The van der Waals surface area contributed by atoms with Crippen molar-refractivity contribution in [3.8, 4) is 0 Å². The summed E-state index contributed by atoms with van der Waals surface area (Å²) < 4.78 is 1.76. The van der Waals surface area contributed by atoms with Crippen molar-refractivity contribution in [3.05, 3.63) is 30.5 Å². The smallest absolute Gasteiger partial charge is 0.148 e. The number of nitrogens with one attached hydrogen (secondary N) is 2. The number of aromatic nitrogens is 4. The maximum atomic E-state index is 4.18. The summed E-state index contributed by atoms with van der Waals surface area (Å²) in [5.74, 6) is 0.872. The summed E-state index contributed by atoms with van der Waals surface area (Å²) in [5.41, 5.74) is 1.05. The third-order valence-electron chi connectivity index (χ3n) is 1.73. The first-order valence-electron chi connectivity index (χ1n) is 4.05. The molecule has 0 fully saturated rings. The number of nitrogens with zero attached hydrogens (tertiary/aromatic N) is 3. The largest absolute Gasteiger partial charge is 0.363 e. The molecule has 0 aromatic carbocycles. The number of rotatable bonds is 3. The lowest BCUT2D eigenvalue weighted by Gasteiger charge is -1.98. The van der Waals surface area contributed by atoms with Crippen molar-refractivity contribution in [1.82, 2.24) is 19.7 Å². The zero-order valence-electron chi connectivity index (χ0n) is 7.36. The number of hydrogen-bond donors (Lipinski definition) is 2. The zero-order valence-corrected chi connectivity index (χ0v) is 7.36. The molecule has 0 aliphatic heterocycles. The van der Waals surface area contributed by atoms with Crippen LogP contribution in [0.2, 0.25) is 0 Å². The van der Waals surface area contributed by atoms with Crippen LogP contribution < -0.4 is 5.32 Å². The fourth-order valence-corrected chi connectivity index (χ4v) is 1.08. The number of aryl methyl sites for hydroxylation is 1. The molecule has 0 aliphatic carbocycles. The van der Waals surface area contributed by atoms with Gasteiger partial charge in [-0.25, -0.2) is 4.98 Å². The molecule has 5 heteroatoms. The van der Waals surface area contributed by atoms with E-state index < -0.39 is 0 Å². The standard InChI is InChI=1S/C8H11N5/c1-13-3-2-8(12-13)10-5-7-4-9-6-11-7/h2-4,6H,5H2,1H3,(H,9,11)(H,10,12). The highest BCUT2D eigenvalue weighted by atomic mass is 15.3. The predicted octanol–water partition coefficient (Wildman–Crippen LogP) is 0.755. The summed E-state index contributed by atoms with van der Waals surface area (Å²) in [7, 11) is 1.89. The summed E-state index contributed by atoms with van der Waals surface area (Å²) in [4.78, 5) is 6.92. The number of anilines is 1. The molecule has 0 atom stereocenters. The van der Waals surface area contributed by atoms with Gasteiger partial charge in [-0.1, -0.05) is 0 Å². The van der Waals surface area contributed by atoms with Gasteiger partial charge in [-0.05, 0) is 0 Å².